The maximum Gasteiger partial charge on any atom is 0.136 e. The molecule has 0 N–H and O–H groups in total. The first kappa shape index (κ1) is 9.26. The minimum atomic E-state index is -0.414. The van der Waals surface area contributed by atoms with Gasteiger partial charge in [0, 0.05) is 10.6 Å². The summed E-state index contributed by atoms with van der Waals surface area (Å²) in [5.41, 5.74) is 0. The number of hydrogen-bond acceptors (Lipinski definition) is 1. The van der Waals surface area contributed by atoms with Crippen molar-refractivity contribution in [2.75, 3.05) is 5.75 Å². The Morgan fingerprint density at radius 2 is 2.17 bits per heavy atom. The zero-order valence-corrected chi connectivity index (χ0v) is 7.20. The van der Waals surface area contributed by atoms with Crippen LogP contribution >= 0.6 is 11.8 Å². The van der Waals surface area contributed by atoms with Crippen molar-refractivity contribution in [3.05, 3.63) is 42.5 Å². The first-order chi connectivity index (χ1) is 5.74. The fourth-order valence-electron chi connectivity index (χ4n) is 0.737. The van der Waals surface area contributed by atoms with Crippen LogP contribution in [0.2, 0.25) is 0 Å². The molecule has 0 aromatic heterocycles. The molecule has 64 valence electrons. The normalized spacial score (nSPS) is 9.83. The van der Waals surface area contributed by atoms with Gasteiger partial charge >= 0.3 is 0 Å². The molecule has 0 unspecified atom stereocenters. The van der Waals surface area contributed by atoms with Gasteiger partial charge in [-0.3, -0.25) is 0 Å². The van der Waals surface area contributed by atoms with E-state index < -0.39 is 5.82 Å². The van der Waals surface area contributed by atoms with Crippen molar-refractivity contribution in [1.29, 1.82) is 0 Å². The third-order valence-corrected chi connectivity index (χ3v) is 2.28. The topological polar surface area (TPSA) is 0 Å². The van der Waals surface area contributed by atoms with Gasteiger partial charge in [-0.15, -0.1) is 18.3 Å². The fourth-order valence-corrected chi connectivity index (χ4v) is 1.44. The number of halogens is 2. The summed E-state index contributed by atoms with van der Waals surface area (Å²) in [7, 11) is 0. The first-order valence-electron chi connectivity index (χ1n) is 3.43. The summed E-state index contributed by atoms with van der Waals surface area (Å²) in [4.78, 5) is 0.329. The summed E-state index contributed by atoms with van der Waals surface area (Å²) in [6.07, 6.45) is 1.65. The van der Waals surface area contributed by atoms with Gasteiger partial charge in [0.1, 0.15) is 11.6 Å². The molecule has 1 rings (SSSR count). The molecule has 0 fully saturated rings. The molecule has 0 saturated carbocycles. The second kappa shape index (κ2) is 4.26. The lowest BCUT2D eigenvalue weighted by atomic mass is 10.3. The zero-order chi connectivity index (χ0) is 8.97. The number of hydrogen-bond donors (Lipinski definition) is 0. The van der Waals surface area contributed by atoms with Crippen molar-refractivity contribution in [3.63, 3.8) is 0 Å². The lowest BCUT2D eigenvalue weighted by Gasteiger charge is -1.99. The van der Waals surface area contributed by atoms with Crippen LogP contribution in [0, 0.1) is 11.6 Å². The predicted octanol–water partition coefficient (Wildman–Crippen LogP) is 3.24. The number of thioether (sulfide) groups is 1. The summed E-state index contributed by atoms with van der Waals surface area (Å²) in [5, 5.41) is 0. The van der Waals surface area contributed by atoms with Gasteiger partial charge in [0.2, 0.25) is 0 Å². The summed E-state index contributed by atoms with van der Waals surface area (Å²) >= 11 is 1.23. The average Bonchev–Trinajstić information content (AvgIpc) is 2.07. The highest BCUT2D eigenvalue weighted by Crippen LogP contribution is 2.22. The standard InChI is InChI=1S/C9H8F2S/c1-2-5-12-9-6-7(10)3-4-8(9)11/h2-4,6H,1,5H2. The lowest BCUT2D eigenvalue weighted by molar-refractivity contribution is 0.577. The van der Waals surface area contributed by atoms with E-state index in [1.807, 2.05) is 0 Å². The smallest absolute Gasteiger partial charge is 0.136 e. The molecule has 0 heterocycles. The van der Waals surface area contributed by atoms with Gasteiger partial charge in [0.15, 0.2) is 0 Å². The van der Waals surface area contributed by atoms with Crippen molar-refractivity contribution in [2.45, 2.75) is 4.90 Å². The van der Waals surface area contributed by atoms with Crippen molar-refractivity contribution in [2.24, 2.45) is 0 Å². The fraction of sp³-hybridized carbons (Fsp3) is 0.111. The Balaban J connectivity index is 2.82. The molecule has 0 bridgehead atoms. The molecule has 1 aromatic carbocycles. The quantitative estimate of drug-likeness (QED) is 0.516. The molecule has 0 amide bonds. The molecule has 3 heteroatoms. The van der Waals surface area contributed by atoms with Crippen LogP contribution in [0.5, 0.6) is 0 Å². The maximum absolute atomic E-state index is 12.9. The van der Waals surface area contributed by atoms with E-state index in [-0.39, 0.29) is 5.82 Å². The monoisotopic (exact) mass is 186 g/mol. The first-order valence-corrected chi connectivity index (χ1v) is 4.41. The summed E-state index contributed by atoms with van der Waals surface area (Å²) < 4.78 is 25.4. The summed E-state index contributed by atoms with van der Waals surface area (Å²) in [5.74, 6) is -0.216. The van der Waals surface area contributed by atoms with Crippen LogP contribution in [0.15, 0.2) is 35.7 Å². The molecule has 12 heavy (non-hydrogen) atoms. The SMILES string of the molecule is C=CCSc1cc(F)ccc1F. The molecule has 0 radical (unpaired) electrons. The van der Waals surface area contributed by atoms with E-state index in [4.69, 9.17) is 0 Å². The molecular weight excluding hydrogens is 178 g/mol. The van der Waals surface area contributed by atoms with Gasteiger partial charge in [0.25, 0.3) is 0 Å². The molecule has 0 nitrogen and oxygen atoms in total. The lowest BCUT2D eigenvalue weighted by Crippen LogP contribution is -1.83. The Kier molecular flexibility index (Phi) is 3.29. The van der Waals surface area contributed by atoms with Crippen LogP contribution in [0.25, 0.3) is 0 Å². The number of rotatable bonds is 3. The third-order valence-electron chi connectivity index (χ3n) is 1.25. The Hall–Kier alpha value is -0.830. The average molecular weight is 186 g/mol. The molecule has 0 atom stereocenters. The van der Waals surface area contributed by atoms with E-state index in [1.54, 1.807) is 6.08 Å². The second-order valence-corrected chi connectivity index (χ2v) is 3.24. The molecule has 0 spiro atoms. The van der Waals surface area contributed by atoms with Crippen molar-refractivity contribution >= 4 is 11.8 Å². The minimum absolute atomic E-state index is 0.329. The highest BCUT2D eigenvalue weighted by atomic mass is 32.2. The van der Waals surface area contributed by atoms with Crippen LogP contribution in [0.1, 0.15) is 0 Å². The van der Waals surface area contributed by atoms with Crippen LogP contribution in [-0.4, -0.2) is 5.75 Å². The third kappa shape index (κ3) is 2.34. The Bertz CT molecular complexity index is 284. The Morgan fingerprint density at radius 1 is 1.42 bits per heavy atom. The van der Waals surface area contributed by atoms with E-state index in [2.05, 4.69) is 6.58 Å². The molecule has 0 aliphatic heterocycles. The summed E-state index contributed by atoms with van der Waals surface area (Å²) in [6.45, 7) is 3.49. The van der Waals surface area contributed by atoms with E-state index in [9.17, 15) is 8.78 Å². The van der Waals surface area contributed by atoms with E-state index in [0.29, 0.717) is 10.6 Å². The van der Waals surface area contributed by atoms with Gasteiger partial charge in [-0.25, -0.2) is 8.78 Å². The van der Waals surface area contributed by atoms with Gasteiger partial charge in [-0.2, -0.15) is 0 Å². The van der Waals surface area contributed by atoms with Gasteiger partial charge in [-0.05, 0) is 18.2 Å². The van der Waals surface area contributed by atoms with Gasteiger partial charge in [0.05, 0.1) is 0 Å². The molecule has 0 aliphatic rings. The molecule has 0 aliphatic carbocycles. The van der Waals surface area contributed by atoms with E-state index >= 15 is 0 Å². The number of benzene rings is 1. The predicted molar refractivity (Wildman–Crippen MR) is 47.3 cm³/mol. The summed E-state index contributed by atoms with van der Waals surface area (Å²) in [6, 6.07) is 3.41. The molecule has 0 saturated heterocycles. The highest BCUT2D eigenvalue weighted by Gasteiger charge is 2.02. The van der Waals surface area contributed by atoms with Crippen LogP contribution < -0.4 is 0 Å². The van der Waals surface area contributed by atoms with E-state index in [1.165, 1.54) is 17.8 Å². The van der Waals surface area contributed by atoms with Gasteiger partial charge < -0.3 is 0 Å². The van der Waals surface area contributed by atoms with Crippen LogP contribution in [-0.2, 0) is 0 Å². The molecular formula is C9H8F2S. The van der Waals surface area contributed by atoms with E-state index in [0.717, 1.165) is 12.1 Å². The highest BCUT2D eigenvalue weighted by molar-refractivity contribution is 7.99. The second-order valence-electron chi connectivity index (χ2n) is 2.17. The van der Waals surface area contributed by atoms with Crippen LogP contribution in [0.4, 0.5) is 8.78 Å². The largest absolute Gasteiger partial charge is 0.207 e. The Labute approximate surface area is 74.3 Å². The zero-order valence-electron chi connectivity index (χ0n) is 6.39. The van der Waals surface area contributed by atoms with Crippen molar-refractivity contribution < 1.29 is 8.78 Å². The van der Waals surface area contributed by atoms with Crippen LogP contribution in [0.3, 0.4) is 0 Å². The van der Waals surface area contributed by atoms with Gasteiger partial charge in [-0.1, -0.05) is 6.08 Å². The maximum atomic E-state index is 12.9. The minimum Gasteiger partial charge on any atom is -0.207 e. The Morgan fingerprint density at radius 3 is 2.83 bits per heavy atom. The molecule has 1 aromatic rings. The van der Waals surface area contributed by atoms with Crippen molar-refractivity contribution in [3.8, 4) is 0 Å². The van der Waals surface area contributed by atoms with Crippen molar-refractivity contribution in [1.82, 2.24) is 0 Å².